The Hall–Kier alpha value is -3.44. The number of aryl methyl sites for hydroxylation is 1. The van der Waals surface area contributed by atoms with E-state index in [2.05, 4.69) is 19.6 Å². The van der Waals surface area contributed by atoms with Crippen LogP contribution in [0.5, 0.6) is 0 Å². The van der Waals surface area contributed by atoms with Crippen LogP contribution >= 0.6 is 11.3 Å². The third-order valence-corrected chi connectivity index (χ3v) is 7.18. The summed E-state index contributed by atoms with van der Waals surface area (Å²) in [6.07, 6.45) is 2.66. The number of nitrogens with zero attached hydrogens (tertiary/aromatic N) is 4. The Morgan fingerprint density at radius 3 is 2.80 bits per heavy atom. The number of nitrogens with one attached hydrogen (secondary N) is 2. The quantitative estimate of drug-likeness (QED) is 0.512. The summed E-state index contributed by atoms with van der Waals surface area (Å²) in [5, 5.41) is 15.1. The zero-order valence-corrected chi connectivity index (χ0v) is 17.0. The van der Waals surface area contributed by atoms with Gasteiger partial charge in [-0.05, 0) is 18.9 Å². The first-order chi connectivity index (χ1) is 14.1. The molecule has 1 aliphatic carbocycles. The fraction of sp³-hybridized carbons (Fsp3) is 0.312. The maximum absolute atomic E-state index is 12.7. The van der Waals surface area contributed by atoms with Crippen LogP contribution < -0.4 is 16.6 Å². The van der Waals surface area contributed by atoms with Gasteiger partial charge in [-0.2, -0.15) is 18.8 Å². The topological polar surface area (TPSA) is 169 Å². The van der Waals surface area contributed by atoms with E-state index in [0.717, 1.165) is 10.6 Å². The Bertz CT molecular complexity index is 1430. The van der Waals surface area contributed by atoms with Gasteiger partial charge in [0.15, 0.2) is 4.21 Å². The van der Waals surface area contributed by atoms with E-state index in [9.17, 15) is 22.8 Å². The number of carbonyl (C=O) groups excluding carboxylic acids is 1. The molecule has 3 heterocycles. The molecule has 0 unspecified atom stereocenters. The summed E-state index contributed by atoms with van der Waals surface area (Å²) in [6, 6.07) is 2.92. The standard InChI is InChI=1S/C16H14N6O6S2/c1-21-6-9(5-18-21)7-22-13(23)10-4-11(29-12(10)19-14(22)24)30(26,27)28-15(25)20-16(8-17)2-3-16/h4-6H,2-3,7H2,1H3,(H,19,24)(H,20,25). The van der Waals surface area contributed by atoms with Crippen molar-refractivity contribution in [2.24, 2.45) is 7.05 Å². The minimum absolute atomic E-state index is 0.0331. The minimum Gasteiger partial charge on any atom is -0.324 e. The summed E-state index contributed by atoms with van der Waals surface area (Å²) >= 11 is 0.590. The van der Waals surface area contributed by atoms with E-state index in [0.29, 0.717) is 29.7 Å². The van der Waals surface area contributed by atoms with E-state index in [1.54, 1.807) is 13.2 Å². The van der Waals surface area contributed by atoms with E-state index >= 15 is 0 Å². The first kappa shape index (κ1) is 19.9. The Labute approximate surface area is 172 Å². The Morgan fingerprint density at radius 2 is 2.20 bits per heavy atom. The first-order valence-corrected chi connectivity index (χ1v) is 10.8. The van der Waals surface area contributed by atoms with Crippen molar-refractivity contribution in [2.45, 2.75) is 29.1 Å². The highest BCUT2D eigenvalue weighted by Gasteiger charge is 2.46. The average molecular weight is 450 g/mol. The molecule has 2 N–H and O–H groups in total. The highest BCUT2D eigenvalue weighted by Crippen LogP contribution is 2.34. The average Bonchev–Trinajstić information content (AvgIpc) is 3.08. The lowest BCUT2D eigenvalue weighted by molar-refractivity contribution is 0.199. The summed E-state index contributed by atoms with van der Waals surface area (Å²) in [5.74, 6) is 0. The van der Waals surface area contributed by atoms with Crippen LogP contribution in [-0.2, 0) is 27.9 Å². The van der Waals surface area contributed by atoms with Gasteiger partial charge in [-0.15, -0.1) is 11.3 Å². The number of fused-ring (bicyclic) bond motifs is 1. The van der Waals surface area contributed by atoms with Gasteiger partial charge >= 0.3 is 21.9 Å². The molecule has 12 nitrogen and oxygen atoms in total. The van der Waals surface area contributed by atoms with Crippen molar-refractivity contribution in [1.29, 1.82) is 5.26 Å². The van der Waals surface area contributed by atoms with Crippen molar-refractivity contribution < 1.29 is 17.4 Å². The summed E-state index contributed by atoms with van der Waals surface area (Å²) in [5.41, 5.74) is -1.90. The predicted molar refractivity (Wildman–Crippen MR) is 103 cm³/mol. The molecule has 3 aromatic heterocycles. The van der Waals surface area contributed by atoms with Gasteiger partial charge in [-0.3, -0.25) is 19.0 Å². The molecule has 1 aliphatic rings. The van der Waals surface area contributed by atoms with Gasteiger partial charge < -0.3 is 9.50 Å². The molecule has 0 aromatic carbocycles. The number of aromatic nitrogens is 4. The molecule has 3 aromatic rings. The molecular weight excluding hydrogens is 436 g/mol. The van der Waals surface area contributed by atoms with Gasteiger partial charge in [0, 0.05) is 18.8 Å². The van der Waals surface area contributed by atoms with Gasteiger partial charge in [-0.25, -0.2) is 9.59 Å². The number of aromatic amines is 1. The van der Waals surface area contributed by atoms with Crippen molar-refractivity contribution in [3.8, 4) is 6.07 Å². The number of H-pyrrole nitrogens is 1. The van der Waals surface area contributed by atoms with Crippen LogP contribution in [0.1, 0.15) is 18.4 Å². The molecule has 0 bridgehead atoms. The summed E-state index contributed by atoms with van der Waals surface area (Å²) in [7, 11) is -2.87. The monoisotopic (exact) mass is 450 g/mol. The molecule has 0 atom stereocenters. The molecule has 30 heavy (non-hydrogen) atoms. The fourth-order valence-corrected chi connectivity index (χ4v) is 4.89. The SMILES string of the molecule is Cn1cc(Cn2c(=O)[nH]c3sc(S(=O)(=O)OC(=O)NC4(C#N)CC4)cc3c2=O)cn1. The normalized spacial score (nSPS) is 14.9. The molecule has 1 saturated carbocycles. The number of carbonyl (C=O) groups is 1. The molecule has 1 fully saturated rings. The van der Waals surface area contributed by atoms with Gasteiger partial charge in [0.25, 0.3) is 5.56 Å². The van der Waals surface area contributed by atoms with Crippen molar-refractivity contribution in [2.75, 3.05) is 0 Å². The molecule has 0 spiro atoms. The summed E-state index contributed by atoms with van der Waals surface area (Å²) < 4.78 is 31.3. The van der Waals surface area contributed by atoms with Crippen LogP contribution in [0.3, 0.4) is 0 Å². The van der Waals surface area contributed by atoms with Gasteiger partial charge in [0.2, 0.25) is 0 Å². The smallest absolute Gasteiger partial charge is 0.324 e. The Balaban J connectivity index is 1.65. The summed E-state index contributed by atoms with van der Waals surface area (Å²) in [6.45, 7) is -0.0506. The predicted octanol–water partition coefficient (Wildman–Crippen LogP) is 0.00418. The summed E-state index contributed by atoms with van der Waals surface area (Å²) in [4.78, 5) is 39.4. The van der Waals surface area contributed by atoms with E-state index in [1.165, 1.54) is 10.9 Å². The van der Waals surface area contributed by atoms with Crippen molar-refractivity contribution in [3.63, 3.8) is 0 Å². The fourth-order valence-electron chi connectivity index (χ4n) is 2.77. The third kappa shape index (κ3) is 3.60. The molecular formula is C16H14N6O6S2. The third-order valence-electron chi connectivity index (χ3n) is 4.49. The van der Waals surface area contributed by atoms with Crippen LogP contribution in [-0.4, -0.2) is 39.4 Å². The van der Waals surface area contributed by atoms with E-state index in [1.807, 2.05) is 6.07 Å². The molecule has 0 aliphatic heterocycles. The number of hydrogen-bond acceptors (Lipinski definition) is 9. The van der Waals surface area contributed by atoms with E-state index < -0.39 is 37.2 Å². The van der Waals surface area contributed by atoms with Crippen LogP contribution in [0, 0.1) is 11.3 Å². The van der Waals surface area contributed by atoms with Crippen LogP contribution in [0.2, 0.25) is 0 Å². The highest BCUT2D eigenvalue weighted by atomic mass is 32.3. The number of amides is 1. The van der Waals surface area contributed by atoms with Gasteiger partial charge in [0.1, 0.15) is 10.4 Å². The number of thiophene rings is 1. The van der Waals surface area contributed by atoms with Gasteiger partial charge in [-0.1, -0.05) is 0 Å². The lowest BCUT2D eigenvalue weighted by atomic mass is 10.3. The molecule has 4 rings (SSSR count). The molecule has 1 amide bonds. The van der Waals surface area contributed by atoms with Crippen LogP contribution in [0.15, 0.2) is 32.3 Å². The molecule has 0 saturated heterocycles. The molecule has 0 radical (unpaired) electrons. The zero-order valence-electron chi connectivity index (χ0n) is 15.4. The second-order valence-corrected chi connectivity index (χ2v) is 9.62. The maximum Gasteiger partial charge on any atom is 0.424 e. The highest BCUT2D eigenvalue weighted by molar-refractivity contribution is 7.89. The van der Waals surface area contributed by atoms with E-state index in [4.69, 9.17) is 5.26 Å². The molecule has 156 valence electrons. The lowest BCUT2D eigenvalue weighted by Crippen LogP contribution is -2.37. The minimum atomic E-state index is -4.56. The zero-order chi connectivity index (χ0) is 21.7. The van der Waals surface area contributed by atoms with Crippen LogP contribution in [0.25, 0.3) is 10.2 Å². The van der Waals surface area contributed by atoms with E-state index in [-0.39, 0.29) is 16.8 Å². The van der Waals surface area contributed by atoms with Crippen molar-refractivity contribution >= 4 is 37.8 Å². The number of hydrogen-bond donors (Lipinski definition) is 2. The second kappa shape index (κ2) is 6.82. The van der Waals surface area contributed by atoms with Gasteiger partial charge in [0.05, 0.1) is 24.2 Å². The van der Waals surface area contributed by atoms with Crippen molar-refractivity contribution in [1.82, 2.24) is 24.6 Å². The maximum atomic E-state index is 12.7. The largest absolute Gasteiger partial charge is 0.424 e. The second-order valence-electron chi connectivity index (χ2n) is 6.80. The van der Waals surface area contributed by atoms with Crippen LogP contribution in [0.4, 0.5) is 4.79 Å². The first-order valence-electron chi connectivity index (χ1n) is 8.54. The number of rotatable bonds is 5. The molecule has 14 heteroatoms. The lowest BCUT2D eigenvalue weighted by Gasteiger charge is -2.08. The Kier molecular flexibility index (Phi) is 4.51. The van der Waals surface area contributed by atoms with Crippen molar-refractivity contribution in [3.05, 3.63) is 44.9 Å². The Morgan fingerprint density at radius 1 is 1.47 bits per heavy atom. The number of nitriles is 1.